The summed E-state index contributed by atoms with van der Waals surface area (Å²) in [5.41, 5.74) is 3.31. The molecular formula is C30H37NO3. The van der Waals surface area contributed by atoms with Crippen LogP contribution in [-0.4, -0.2) is 17.9 Å². The Bertz CT molecular complexity index is 1050. The Kier molecular flexibility index (Phi) is 8.56. The highest BCUT2D eigenvalue weighted by atomic mass is 16.5. The number of nitrogens with zero attached hydrogens (tertiary/aromatic N) is 1. The molecule has 1 aliphatic carbocycles. The molecule has 1 saturated carbocycles. The summed E-state index contributed by atoms with van der Waals surface area (Å²) >= 11 is 0. The van der Waals surface area contributed by atoms with Crippen molar-refractivity contribution >= 4 is 5.78 Å². The highest BCUT2D eigenvalue weighted by Gasteiger charge is 2.22. The van der Waals surface area contributed by atoms with E-state index in [9.17, 15) is 4.79 Å². The molecule has 0 unspecified atom stereocenters. The van der Waals surface area contributed by atoms with Crippen LogP contribution in [0.3, 0.4) is 0 Å². The number of benzene rings is 2. The van der Waals surface area contributed by atoms with Crippen LogP contribution in [0.15, 0.2) is 59.0 Å². The van der Waals surface area contributed by atoms with Crippen molar-refractivity contribution in [3.63, 3.8) is 0 Å². The van der Waals surface area contributed by atoms with Crippen LogP contribution < -0.4 is 4.74 Å². The second kappa shape index (κ2) is 12.0. The maximum Gasteiger partial charge on any atom is 0.226 e. The lowest BCUT2D eigenvalue weighted by atomic mass is 9.77. The van der Waals surface area contributed by atoms with Gasteiger partial charge in [0.15, 0.2) is 0 Å². The number of oxazole rings is 1. The number of hydrogen-bond donors (Lipinski definition) is 0. The summed E-state index contributed by atoms with van der Waals surface area (Å²) in [4.78, 5) is 17.2. The van der Waals surface area contributed by atoms with Gasteiger partial charge in [0.1, 0.15) is 17.3 Å². The van der Waals surface area contributed by atoms with E-state index in [1.54, 1.807) is 7.11 Å². The highest BCUT2D eigenvalue weighted by molar-refractivity contribution is 5.78. The molecule has 0 atom stereocenters. The summed E-state index contributed by atoms with van der Waals surface area (Å²) in [5.74, 6) is 4.14. The van der Waals surface area contributed by atoms with E-state index >= 15 is 0 Å². The van der Waals surface area contributed by atoms with Crippen molar-refractivity contribution in [3.05, 3.63) is 71.6 Å². The molecule has 4 rings (SSSR count). The lowest BCUT2D eigenvalue weighted by molar-refractivity contribution is -0.119. The fourth-order valence-electron chi connectivity index (χ4n) is 5.15. The van der Waals surface area contributed by atoms with Crippen molar-refractivity contribution in [3.8, 4) is 17.2 Å². The Morgan fingerprint density at radius 2 is 1.76 bits per heavy atom. The molecule has 0 N–H and O–H groups in total. The third kappa shape index (κ3) is 6.82. The Hall–Kier alpha value is -2.88. The van der Waals surface area contributed by atoms with Gasteiger partial charge < -0.3 is 9.15 Å². The number of aryl methyl sites for hydroxylation is 2. The van der Waals surface area contributed by atoms with Crippen LogP contribution in [0.25, 0.3) is 11.5 Å². The molecule has 0 amide bonds. The number of carbonyl (C=O) groups is 1. The van der Waals surface area contributed by atoms with Gasteiger partial charge in [-0.3, -0.25) is 4.79 Å². The van der Waals surface area contributed by atoms with Gasteiger partial charge >= 0.3 is 0 Å². The molecule has 1 aliphatic rings. The van der Waals surface area contributed by atoms with Crippen molar-refractivity contribution in [1.82, 2.24) is 4.98 Å². The summed E-state index contributed by atoms with van der Waals surface area (Å²) in [7, 11) is 1.65. The number of rotatable bonds is 11. The van der Waals surface area contributed by atoms with Crippen LogP contribution in [-0.2, 0) is 17.6 Å². The summed E-state index contributed by atoms with van der Waals surface area (Å²) in [6.07, 6.45) is 10.4. The summed E-state index contributed by atoms with van der Waals surface area (Å²) < 4.78 is 11.2. The first-order chi connectivity index (χ1) is 16.6. The van der Waals surface area contributed by atoms with Crippen molar-refractivity contribution < 1.29 is 13.9 Å². The third-order valence-corrected chi connectivity index (χ3v) is 7.24. The Morgan fingerprint density at radius 1 is 1.00 bits per heavy atom. The smallest absolute Gasteiger partial charge is 0.226 e. The maximum atomic E-state index is 12.5. The van der Waals surface area contributed by atoms with Gasteiger partial charge in [-0.25, -0.2) is 4.98 Å². The van der Waals surface area contributed by atoms with Crippen LogP contribution in [0.1, 0.15) is 68.4 Å². The summed E-state index contributed by atoms with van der Waals surface area (Å²) in [6.45, 7) is 1.95. The number of aromatic nitrogens is 1. The van der Waals surface area contributed by atoms with E-state index in [0.29, 0.717) is 18.1 Å². The third-order valence-electron chi connectivity index (χ3n) is 7.24. The maximum absolute atomic E-state index is 12.5. The average molecular weight is 460 g/mol. The largest absolute Gasteiger partial charge is 0.497 e. The van der Waals surface area contributed by atoms with Crippen LogP contribution in [0, 0.1) is 18.8 Å². The first-order valence-corrected chi connectivity index (χ1v) is 12.8. The number of methoxy groups -OCH3 is 1. The first-order valence-electron chi connectivity index (χ1n) is 12.8. The van der Waals surface area contributed by atoms with E-state index in [4.69, 9.17) is 9.15 Å². The number of Topliss-reactive ketones (excluding diaryl/α,β-unsaturated/α-hetero) is 1. The van der Waals surface area contributed by atoms with E-state index in [2.05, 4.69) is 35.3 Å². The first kappa shape index (κ1) is 24.3. The fourth-order valence-corrected chi connectivity index (χ4v) is 5.15. The summed E-state index contributed by atoms with van der Waals surface area (Å²) in [6, 6.07) is 18.6. The molecule has 2 aromatic carbocycles. The topological polar surface area (TPSA) is 52.3 Å². The van der Waals surface area contributed by atoms with Gasteiger partial charge in [0.2, 0.25) is 5.89 Å². The molecule has 180 valence electrons. The molecule has 1 heterocycles. The van der Waals surface area contributed by atoms with E-state index in [1.807, 2.05) is 31.2 Å². The zero-order chi connectivity index (χ0) is 23.8. The predicted molar refractivity (Wildman–Crippen MR) is 136 cm³/mol. The van der Waals surface area contributed by atoms with Crippen molar-refractivity contribution in [1.29, 1.82) is 0 Å². The van der Waals surface area contributed by atoms with Crippen LogP contribution in [0.5, 0.6) is 5.75 Å². The normalized spacial score (nSPS) is 18.1. The zero-order valence-corrected chi connectivity index (χ0v) is 20.6. The minimum atomic E-state index is 0.389. The van der Waals surface area contributed by atoms with Crippen molar-refractivity contribution in [2.75, 3.05) is 7.11 Å². The van der Waals surface area contributed by atoms with Gasteiger partial charge in [0, 0.05) is 18.4 Å². The average Bonchev–Trinajstić information content (AvgIpc) is 3.24. The molecule has 1 aromatic heterocycles. The molecule has 0 spiro atoms. The number of ether oxygens (including phenoxy) is 1. The molecule has 0 radical (unpaired) electrons. The molecule has 0 bridgehead atoms. The SMILES string of the molecule is COc1cccc(-c2nc(CCCC(=O)CCC3CCC(Cc4ccccc4)CC3)c(C)o2)c1. The van der Waals surface area contributed by atoms with Crippen LogP contribution in [0.4, 0.5) is 0 Å². The fraction of sp³-hybridized carbons (Fsp3) is 0.467. The quantitative estimate of drug-likeness (QED) is 0.300. The van der Waals surface area contributed by atoms with Crippen LogP contribution in [0.2, 0.25) is 0 Å². The molecule has 4 nitrogen and oxygen atoms in total. The number of hydrogen-bond acceptors (Lipinski definition) is 4. The monoisotopic (exact) mass is 459 g/mol. The molecule has 0 saturated heterocycles. The second-order valence-corrected chi connectivity index (χ2v) is 9.76. The highest BCUT2D eigenvalue weighted by Crippen LogP contribution is 2.33. The standard InChI is InChI=1S/C30H37NO3/c1-22-29(31-30(34-22)26-10-6-12-28(21-26)33-2)13-7-11-27(32)19-18-23-14-16-25(17-15-23)20-24-8-4-3-5-9-24/h3-6,8-10,12,21,23,25H,7,11,13-20H2,1-2H3. The van der Waals surface area contributed by atoms with Crippen LogP contribution >= 0.6 is 0 Å². The van der Waals surface area contributed by atoms with Gasteiger partial charge in [-0.05, 0) is 81.0 Å². The van der Waals surface area contributed by atoms with Crippen molar-refractivity contribution in [2.45, 2.75) is 71.1 Å². The van der Waals surface area contributed by atoms with Gasteiger partial charge in [0.05, 0.1) is 12.8 Å². The lowest BCUT2D eigenvalue weighted by Crippen LogP contribution is -2.17. The van der Waals surface area contributed by atoms with E-state index < -0.39 is 0 Å². The van der Waals surface area contributed by atoms with E-state index in [0.717, 1.165) is 60.3 Å². The number of ketones is 1. The molecular weight excluding hydrogens is 422 g/mol. The van der Waals surface area contributed by atoms with E-state index in [-0.39, 0.29) is 0 Å². The second-order valence-electron chi connectivity index (χ2n) is 9.76. The number of carbonyl (C=O) groups excluding carboxylic acids is 1. The minimum absolute atomic E-state index is 0.389. The Labute approximate surface area is 203 Å². The van der Waals surface area contributed by atoms with Crippen molar-refractivity contribution in [2.24, 2.45) is 11.8 Å². The van der Waals surface area contributed by atoms with Gasteiger partial charge in [-0.15, -0.1) is 0 Å². The summed E-state index contributed by atoms with van der Waals surface area (Å²) in [5, 5.41) is 0. The molecule has 3 aromatic rings. The minimum Gasteiger partial charge on any atom is -0.497 e. The zero-order valence-electron chi connectivity index (χ0n) is 20.6. The van der Waals surface area contributed by atoms with E-state index in [1.165, 1.54) is 37.7 Å². The Balaban J connectivity index is 1.15. The van der Waals surface area contributed by atoms with Gasteiger partial charge in [-0.2, -0.15) is 0 Å². The van der Waals surface area contributed by atoms with Gasteiger partial charge in [-0.1, -0.05) is 49.2 Å². The van der Waals surface area contributed by atoms with Gasteiger partial charge in [0.25, 0.3) is 0 Å². The lowest BCUT2D eigenvalue weighted by Gasteiger charge is -2.28. The Morgan fingerprint density at radius 3 is 2.53 bits per heavy atom. The predicted octanol–water partition coefficient (Wildman–Crippen LogP) is 7.38. The molecule has 4 heteroatoms. The molecule has 34 heavy (non-hydrogen) atoms. The molecule has 0 aliphatic heterocycles. The molecule has 1 fully saturated rings.